The number of carbonyl (C=O) groups is 2. The van der Waals surface area contributed by atoms with E-state index in [0.717, 1.165) is 16.7 Å². The maximum Gasteiger partial charge on any atom is 0.514 e. The van der Waals surface area contributed by atoms with Crippen LogP contribution in [0.3, 0.4) is 0 Å². The van der Waals surface area contributed by atoms with Crippen molar-refractivity contribution in [3.63, 3.8) is 0 Å². The van der Waals surface area contributed by atoms with Crippen molar-refractivity contribution in [3.05, 3.63) is 78.4 Å². The van der Waals surface area contributed by atoms with E-state index < -0.39 is 18.1 Å². The SMILES string of the molecule is COc1ccnc(C(=O)N[C@@H](C)c2nnc(-c3ccc(-c4ccccc4)cc3)o2)c1OC(=O)OCC(C)C. The fraction of sp³-hybridized carbons (Fsp3) is 0.250. The van der Waals surface area contributed by atoms with Crippen LogP contribution < -0.4 is 14.8 Å². The first-order chi connectivity index (χ1) is 18.4. The van der Waals surface area contributed by atoms with Crippen molar-refractivity contribution < 1.29 is 28.2 Å². The van der Waals surface area contributed by atoms with Crippen LogP contribution in [-0.2, 0) is 4.74 Å². The molecule has 0 saturated carbocycles. The van der Waals surface area contributed by atoms with Crippen molar-refractivity contribution in [2.45, 2.75) is 26.8 Å². The minimum absolute atomic E-state index is 0.114. The molecule has 4 rings (SSSR count). The number of rotatable bonds is 9. The largest absolute Gasteiger partial charge is 0.514 e. The number of aromatic nitrogens is 3. The van der Waals surface area contributed by atoms with Crippen molar-refractivity contribution in [1.82, 2.24) is 20.5 Å². The summed E-state index contributed by atoms with van der Waals surface area (Å²) in [7, 11) is 1.39. The van der Waals surface area contributed by atoms with E-state index in [2.05, 4.69) is 20.5 Å². The normalized spacial score (nSPS) is 11.6. The molecule has 1 atom stereocenters. The van der Waals surface area contributed by atoms with Crippen molar-refractivity contribution in [1.29, 1.82) is 0 Å². The number of pyridine rings is 1. The molecule has 0 aliphatic carbocycles. The molecule has 2 aromatic heterocycles. The monoisotopic (exact) mass is 516 g/mol. The second-order valence-corrected chi connectivity index (χ2v) is 8.83. The van der Waals surface area contributed by atoms with Crippen molar-refractivity contribution >= 4 is 12.1 Å². The van der Waals surface area contributed by atoms with Gasteiger partial charge in [-0.15, -0.1) is 10.2 Å². The summed E-state index contributed by atoms with van der Waals surface area (Å²) in [5.41, 5.74) is 2.75. The lowest BCUT2D eigenvalue weighted by Gasteiger charge is -2.15. The van der Waals surface area contributed by atoms with E-state index >= 15 is 0 Å². The lowest BCUT2D eigenvalue weighted by molar-refractivity contribution is 0.0851. The summed E-state index contributed by atoms with van der Waals surface area (Å²) in [6.45, 7) is 5.63. The van der Waals surface area contributed by atoms with E-state index in [1.54, 1.807) is 6.92 Å². The number of nitrogens with zero attached hydrogens (tertiary/aromatic N) is 3. The highest BCUT2D eigenvalue weighted by Crippen LogP contribution is 2.31. The molecule has 2 heterocycles. The smallest absolute Gasteiger partial charge is 0.493 e. The molecule has 2 aromatic carbocycles. The van der Waals surface area contributed by atoms with Crippen LogP contribution >= 0.6 is 0 Å². The number of amides is 1. The van der Waals surface area contributed by atoms with Gasteiger partial charge in [0.25, 0.3) is 5.91 Å². The predicted octanol–water partition coefficient (Wildman–Crippen LogP) is 5.47. The highest BCUT2D eigenvalue weighted by atomic mass is 16.7. The van der Waals surface area contributed by atoms with Crippen LogP contribution in [0.5, 0.6) is 11.5 Å². The molecule has 1 N–H and O–H groups in total. The molecule has 0 spiro atoms. The average molecular weight is 517 g/mol. The fourth-order valence-corrected chi connectivity index (χ4v) is 3.49. The molecule has 4 aromatic rings. The molecule has 0 saturated heterocycles. The summed E-state index contributed by atoms with van der Waals surface area (Å²) in [5, 5.41) is 10.9. The lowest BCUT2D eigenvalue weighted by atomic mass is 10.0. The zero-order valence-electron chi connectivity index (χ0n) is 21.5. The lowest BCUT2D eigenvalue weighted by Crippen LogP contribution is -2.28. The quantitative estimate of drug-likeness (QED) is 0.288. The molecule has 0 aliphatic heterocycles. The number of ether oxygens (including phenoxy) is 3. The maximum absolute atomic E-state index is 13.1. The summed E-state index contributed by atoms with van der Waals surface area (Å²) in [4.78, 5) is 29.3. The first-order valence-electron chi connectivity index (χ1n) is 12.0. The summed E-state index contributed by atoms with van der Waals surface area (Å²) in [5.74, 6) is -0.00563. The fourth-order valence-electron chi connectivity index (χ4n) is 3.49. The van der Waals surface area contributed by atoms with E-state index in [1.165, 1.54) is 19.4 Å². The molecule has 0 unspecified atom stereocenters. The van der Waals surface area contributed by atoms with Crippen molar-refractivity contribution in [2.24, 2.45) is 5.92 Å². The van der Waals surface area contributed by atoms with Crippen LogP contribution in [0.25, 0.3) is 22.6 Å². The molecule has 1 amide bonds. The number of hydrogen-bond donors (Lipinski definition) is 1. The first kappa shape index (κ1) is 26.3. The number of benzene rings is 2. The van der Waals surface area contributed by atoms with Crippen LogP contribution in [0.1, 0.15) is 43.2 Å². The van der Waals surface area contributed by atoms with Gasteiger partial charge in [-0.1, -0.05) is 56.3 Å². The van der Waals surface area contributed by atoms with Crippen LogP contribution in [0.4, 0.5) is 4.79 Å². The van der Waals surface area contributed by atoms with E-state index in [0.29, 0.717) is 5.89 Å². The Balaban J connectivity index is 1.46. The summed E-state index contributed by atoms with van der Waals surface area (Å²) >= 11 is 0. The number of carbonyl (C=O) groups excluding carboxylic acids is 2. The third-order valence-electron chi connectivity index (χ3n) is 5.42. The molecule has 196 valence electrons. The van der Waals surface area contributed by atoms with Crippen LogP contribution in [0, 0.1) is 5.92 Å². The third kappa shape index (κ3) is 6.33. The van der Waals surface area contributed by atoms with Crippen LogP contribution in [-0.4, -0.2) is 41.0 Å². The Bertz CT molecular complexity index is 1390. The number of methoxy groups -OCH3 is 1. The summed E-state index contributed by atoms with van der Waals surface area (Å²) in [6.07, 6.45) is 0.404. The second kappa shape index (κ2) is 12.0. The zero-order chi connectivity index (χ0) is 27.1. The Morgan fingerprint density at radius 2 is 1.61 bits per heavy atom. The maximum atomic E-state index is 13.1. The van der Waals surface area contributed by atoms with Crippen LogP contribution in [0.15, 0.2) is 71.3 Å². The van der Waals surface area contributed by atoms with Crippen molar-refractivity contribution in [3.8, 4) is 34.1 Å². The van der Waals surface area contributed by atoms with E-state index in [4.69, 9.17) is 18.6 Å². The molecular formula is C28H28N4O6. The zero-order valence-corrected chi connectivity index (χ0v) is 21.5. The predicted molar refractivity (Wildman–Crippen MR) is 139 cm³/mol. The number of hydrogen-bond acceptors (Lipinski definition) is 9. The van der Waals surface area contributed by atoms with Gasteiger partial charge >= 0.3 is 6.16 Å². The highest BCUT2D eigenvalue weighted by molar-refractivity contribution is 5.96. The molecule has 0 radical (unpaired) electrons. The molecule has 38 heavy (non-hydrogen) atoms. The standard InChI is InChI=1S/C28H28N4O6/c1-17(2)16-36-28(34)37-24-22(35-4)14-15-29-23(24)25(33)30-18(3)26-31-32-27(38-26)21-12-10-20(11-13-21)19-8-6-5-7-9-19/h5-15,17-18H,16H2,1-4H3,(H,30,33)/t18-/m0/s1. The van der Waals surface area contributed by atoms with Crippen LogP contribution in [0.2, 0.25) is 0 Å². The molecule has 10 heteroatoms. The molecule has 0 bridgehead atoms. The highest BCUT2D eigenvalue weighted by Gasteiger charge is 2.25. The average Bonchev–Trinajstić information content (AvgIpc) is 3.43. The topological polar surface area (TPSA) is 126 Å². The molecule has 0 fully saturated rings. The Morgan fingerprint density at radius 3 is 2.29 bits per heavy atom. The van der Waals surface area contributed by atoms with Gasteiger partial charge in [0.05, 0.1) is 13.7 Å². The Kier molecular flexibility index (Phi) is 8.32. The van der Waals surface area contributed by atoms with Gasteiger partial charge in [0.2, 0.25) is 17.5 Å². The Labute approximate surface area is 220 Å². The van der Waals surface area contributed by atoms with Gasteiger partial charge < -0.3 is 23.9 Å². The van der Waals surface area contributed by atoms with Gasteiger partial charge in [0.15, 0.2) is 11.4 Å². The Hall–Kier alpha value is -4.73. The first-order valence-corrected chi connectivity index (χ1v) is 12.0. The number of nitrogens with one attached hydrogen (secondary N) is 1. The van der Waals surface area contributed by atoms with Gasteiger partial charge in [-0.25, -0.2) is 9.78 Å². The molecule has 10 nitrogen and oxygen atoms in total. The minimum atomic E-state index is -0.966. The Morgan fingerprint density at radius 1 is 0.921 bits per heavy atom. The van der Waals surface area contributed by atoms with Crippen molar-refractivity contribution in [2.75, 3.05) is 13.7 Å². The minimum Gasteiger partial charge on any atom is -0.493 e. The van der Waals surface area contributed by atoms with E-state index in [-0.39, 0.29) is 35.6 Å². The second-order valence-electron chi connectivity index (χ2n) is 8.83. The summed E-state index contributed by atoms with van der Waals surface area (Å²) < 4.78 is 21.4. The van der Waals surface area contributed by atoms with Gasteiger partial charge in [0.1, 0.15) is 6.04 Å². The van der Waals surface area contributed by atoms with Gasteiger partial charge in [-0.05, 0) is 36.1 Å². The summed E-state index contributed by atoms with van der Waals surface area (Å²) in [6, 6.07) is 18.5. The third-order valence-corrected chi connectivity index (χ3v) is 5.42. The molecule has 0 aliphatic rings. The van der Waals surface area contributed by atoms with Gasteiger partial charge in [0, 0.05) is 17.8 Å². The van der Waals surface area contributed by atoms with Gasteiger partial charge in [-0.3, -0.25) is 4.79 Å². The van der Waals surface area contributed by atoms with E-state index in [1.807, 2.05) is 68.4 Å². The van der Waals surface area contributed by atoms with E-state index in [9.17, 15) is 9.59 Å². The molecular weight excluding hydrogens is 488 g/mol. The van der Waals surface area contributed by atoms with Gasteiger partial charge in [-0.2, -0.15) is 0 Å².